The van der Waals surface area contributed by atoms with Gasteiger partial charge in [-0.15, -0.1) is 0 Å². The molecule has 0 radical (unpaired) electrons. The van der Waals surface area contributed by atoms with Crippen LogP contribution in [0.1, 0.15) is 43.2 Å². The third-order valence-corrected chi connectivity index (χ3v) is 5.28. The Balaban J connectivity index is 1.69. The lowest BCUT2D eigenvalue weighted by Crippen LogP contribution is -2.30. The molecule has 160 valence electrons. The summed E-state index contributed by atoms with van der Waals surface area (Å²) in [5.74, 6) is 0. The van der Waals surface area contributed by atoms with Crippen LogP contribution >= 0.6 is 0 Å². The first kappa shape index (κ1) is 23.6. The lowest BCUT2D eigenvalue weighted by Gasteiger charge is -2.23. The minimum atomic E-state index is 0.165. The highest BCUT2D eigenvalue weighted by molar-refractivity contribution is 5.17. The molecule has 0 amide bonds. The van der Waals surface area contributed by atoms with Crippen LogP contribution in [0.5, 0.6) is 0 Å². The Morgan fingerprint density at radius 2 is 0.897 bits per heavy atom. The van der Waals surface area contributed by atoms with Crippen molar-refractivity contribution in [3.63, 3.8) is 0 Å². The average molecular weight is 399 g/mol. The summed E-state index contributed by atoms with van der Waals surface area (Å²) < 4.78 is 0. The predicted molar refractivity (Wildman–Crippen MR) is 121 cm³/mol. The fourth-order valence-electron chi connectivity index (χ4n) is 3.72. The molecule has 2 N–H and O–H groups in total. The van der Waals surface area contributed by atoms with Crippen LogP contribution in [0.15, 0.2) is 60.7 Å². The summed E-state index contributed by atoms with van der Waals surface area (Å²) in [5, 5.41) is 18.1. The van der Waals surface area contributed by atoms with E-state index in [0.717, 1.165) is 32.6 Å². The van der Waals surface area contributed by atoms with Crippen molar-refractivity contribution in [1.29, 1.82) is 0 Å². The third-order valence-electron chi connectivity index (χ3n) is 5.28. The third kappa shape index (κ3) is 10.6. The summed E-state index contributed by atoms with van der Waals surface area (Å²) in [4.78, 5) is 4.69. The van der Waals surface area contributed by atoms with E-state index in [0.29, 0.717) is 13.1 Å². The number of unbranched alkanes of at least 4 members (excludes halogenated alkanes) is 4. The summed E-state index contributed by atoms with van der Waals surface area (Å²) in [5.41, 5.74) is 2.74. The van der Waals surface area contributed by atoms with E-state index in [-0.39, 0.29) is 13.2 Å². The topological polar surface area (TPSA) is 46.9 Å². The Hall–Kier alpha value is -1.72. The van der Waals surface area contributed by atoms with Gasteiger partial charge in [-0.3, -0.25) is 9.80 Å². The van der Waals surface area contributed by atoms with Crippen molar-refractivity contribution in [2.24, 2.45) is 0 Å². The van der Waals surface area contributed by atoms with E-state index >= 15 is 0 Å². The highest BCUT2D eigenvalue weighted by atomic mass is 16.3. The van der Waals surface area contributed by atoms with Gasteiger partial charge in [-0.05, 0) is 37.1 Å². The fraction of sp³-hybridized carbons (Fsp3) is 0.520. The van der Waals surface area contributed by atoms with Crippen molar-refractivity contribution in [2.75, 3.05) is 39.4 Å². The maximum absolute atomic E-state index is 9.07. The van der Waals surface area contributed by atoms with Crippen LogP contribution in [0, 0.1) is 0 Å². The zero-order chi connectivity index (χ0) is 20.6. The molecule has 4 heteroatoms. The van der Waals surface area contributed by atoms with E-state index in [1.54, 1.807) is 0 Å². The van der Waals surface area contributed by atoms with Crippen LogP contribution in [0.3, 0.4) is 0 Å². The number of hydrogen-bond donors (Lipinski definition) is 2. The Morgan fingerprint density at radius 3 is 1.34 bits per heavy atom. The maximum Gasteiger partial charge on any atom is 0.0558 e. The zero-order valence-electron chi connectivity index (χ0n) is 17.8. The number of benzene rings is 2. The standard InChI is InChI=1S/C25H38N2O2/c28-20-18-26(19-21-29)16-10-2-1-3-11-17-27(22-24-12-6-4-7-13-24)23-25-14-8-5-9-15-25/h4-9,12-15,28-29H,1-3,10-11,16-23H2. The van der Waals surface area contributed by atoms with Crippen LogP contribution in [0.2, 0.25) is 0 Å². The van der Waals surface area contributed by atoms with Gasteiger partial charge in [0.25, 0.3) is 0 Å². The highest BCUT2D eigenvalue weighted by Crippen LogP contribution is 2.12. The van der Waals surface area contributed by atoms with Gasteiger partial charge in [-0.2, -0.15) is 0 Å². The Labute approximate surface area is 176 Å². The molecule has 4 nitrogen and oxygen atoms in total. The Bertz CT molecular complexity index is 574. The van der Waals surface area contributed by atoms with Gasteiger partial charge in [-0.1, -0.05) is 79.9 Å². The Morgan fingerprint density at radius 1 is 0.483 bits per heavy atom. The summed E-state index contributed by atoms with van der Waals surface area (Å²) in [6.07, 6.45) is 6.07. The summed E-state index contributed by atoms with van der Waals surface area (Å²) in [6.45, 7) is 5.72. The lowest BCUT2D eigenvalue weighted by molar-refractivity contribution is 0.159. The first-order chi connectivity index (χ1) is 14.3. The number of hydrogen-bond acceptors (Lipinski definition) is 4. The van der Waals surface area contributed by atoms with Crippen LogP contribution in [-0.2, 0) is 13.1 Å². The first-order valence-corrected chi connectivity index (χ1v) is 11.1. The van der Waals surface area contributed by atoms with Crippen molar-refractivity contribution >= 4 is 0 Å². The highest BCUT2D eigenvalue weighted by Gasteiger charge is 2.07. The van der Waals surface area contributed by atoms with Crippen LogP contribution in [0.25, 0.3) is 0 Å². The molecule has 0 aliphatic carbocycles. The molecule has 0 bridgehead atoms. The van der Waals surface area contributed by atoms with Gasteiger partial charge in [0, 0.05) is 26.2 Å². The van der Waals surface area contributed by atoms with Crippen LogP contribution in [0.4, 0.5) is 0 Å². The van der Waals surface area contributed by atoms with E-state index in [2.05, 4.69) is 70.5 Å². The molecule has 2 aromatic carbocycles. The van der Waals surface area contributed by atoms with E-state index < -0.39 is 0 Å². The molecule has 2 rings (SSSR count). The van der Waals surface area contributed by atoms with E-state index in [9.17, 15) is 0 Å². The molecule has 0 saturated carbocycles. The second kappa shape index (κ2) is 15.2. The van der Waals surface area contributed by atoms with Gasteiger partial charge in [0.1, 0.15) is 0 Å². The summed E-state index contributed by atoms with van der Waals surface area (Å²) in [6, 6.07) is 21.5. The maximum atomic E-state index is 9.07. The number of nitrogens with zero attached hydrogens (tertiary/aromatic N) is 2. The summed E-state index contributed by atoms with van der Waals surface area (Å²) in [7, 11) is 0. The molecule has 0 unspecified atom stereocenters. The number of aliphatic hydroxyl groups is 2. The van der Waals surface area contributed by atoms with Crippen LogP contribution < -0.4 is 0 Å². The minimum Gasteiger partial charge on any atom is -0.395 e. The second-order valence-electron chi connectivity index (χ2n) is 7.74. The van der Waals surface area contributed by atoms with Crippen molar-refractivity contribution in [3.05, 3.63) is 71.8 Å². The van der Waals surface area contributed by atoms with Gasteiger partial charge in [0.15, 0.2) is 0 Å². The zero-order valence-corrected chi connectivity index (χ0v) is 17.8. The molecule has 0 aromatic heterocycles. The van der Waals surface area contributed by atoms with Crippen molar-refractivity contribution < 1.29 is 10.2 Å². The molecule has 2 aromatic rings. The van der Waals surface area contributed by atoms with Gasteiger partial charge >= 0.3 is 0 Å². The van der Waals surface area contributed by atoms with Crippen molar-refractivity contribution in [1.82, 2.24) is 9.80 Å². The molecule has 29 heavy (non-hydrogen) atoms. The van der Waals surface area contributed by atoms with E-state index in [1.165, 1.54) is 36.8 Å². The van der Waals surface area contributed by atoms with E-state index in [1.807, 2.05) is 0 Å². The SMILES string of the molecule is OCCN(CCO)CCCCCCCN(Cc1ccccc1)Cc1ccccc1. The molecule has 0 aliphatic rings. The smallest absolute Gasteiger partial charge is 0.0558 e. The Kier molecular flexibility index (Phi) is 12.3. The molecule has 0 atom stereocenters. The lowest BCUT2D eigenvalue weighted by atomic mass is 10.1. The largest absolute Gasteiger partial charge is 0.395 e. The average Bonchev–Trinajstić information content (AvgIpc) is 2.74. The van der Waals surface area contributed by atoms with E-state index in [4.69, 9.17) is 10.2 Å². The molecular weight excluding hydrogens is 360 g/mol. The number of rotatable bonds is 16. The fourth-order valence-corrected chi connectivity index (χ4v) is 3.72. The molecular formula is C25H38N2O2. The van der Waals surface area contributed by atoms with Gasteiger partial charge in [0.2, 0.25) is 0 Å². The quantitative estimate of drug-likeness (QED) is 0.421. The normalized spacial score (nSPS) is 11.4. The molecule has 0 fully saturated rings. The van der Waals surface area contributed by atoms with Gasteiger partial charge in [-0.25, -0.2) is 0 Å². The van der Waals surface area contributed by atoms with Crippen molar-refractivity contribution in [3.8, 4) is 0 Å². The van der Waals surface area contributed by atoms with Crippen LogP contribution in [-0.4, -0.2) is 59.4 Å². The molecule has 0 heterocycles. The minimum absolute atomic E-state index is 0.165. The monoisotopic (exact) mass is 398 g/mol. The predicted octanol–water partition coefficient (Wildman–Crippen LogP) is 3.93. The van der Waals surface area contributed by atoms with Crippen molar-refractivity contribution in [2.45, 2.75) is 45.2 Å². The molecule has 0 aliphatic heterocycles. The second-order valence-corrected chi connectivity index (χ2v) is 7.74. The van der Waals surface area contributed by atoms with Gasteiger partial charge in [0.05, 0.1) is 13.2 Å². The summed E-state index contributed by atoms with van der Waals surface area (Å²) >= 11 is 0. The van der Waals surface area contributed by atoms with Gasteiger partial charge < -0.3 is 10.2 Å². The molecule has 0 saturated heterocycles. The number of aliphatic hydroxyl groups excluding tert-OH is 2. The molecule has 0 spiro atoms. The first-order valence-electron chi connectivity index (χ1n) is 11.1.